The van der Waals surface area contributed by atoms with Gasteiger partial charge in [-0.15, -0.1) is 0 Å². The molecular weight excluding hydrogens is 333 g/mol. The third kappa shape index (κ3) is 7.03. The Morgan fingerprint density at radius 1 is 1.20 bits per heavy atom. The molecule has 0 unspecified atom stereocenters. The summed E-state index contributed by atoms with van der Waals surface area (Å²) < 4.78 is 37.6. The molecule has 25 heavy (non-hydrogen) atoms. The number of alkyl halides is 3. The molecule has 5 nitrogen and oxygen atoms in total. The Labute approximate surface area is 145 Å². The monoisotopic (exact) mass is 356 g/mol. The van der Waals surface area contributed by atoms with E-state index in [0.717, 1.165) is 30.5 Å². The van der Waals surface area contributed by atoms with Crippen molar-refractivity contribution < 1.29 is 18.0 Å². The quantitative estimate of drug-likeness (QED) is 0.399. The molecule has 0 aromatic heterocycles. The number of carbonyl (C=O) groups excluding carboxylic acids is 1. The van der Waals surface area contributed by atoms with Crippen LogP contribution in [0.25, 0.3) is 0 Å². The van der Waals surface area contributed by atoms with Crippen LogP contribution in [0.4, 0.5) is 13.2 Å². The van der Waals surface area contributed by atoms with Gasteiger partial charge in [-0.1, -0.05) is 12.1 Å². The Bertz CT molecular complexity index is 595. The first-order valence-corrected chi connectivity index (χ1v) is 8.28. The van der Waals surface area contributed by atoms with Gasteiger partial charge in [-0.3, -0.25) is 9.79 Å². The van der Waals surface area contributed by atoms with Gasteiger partial charge in [-0.05, 0) is 37.0 Å². The van der Waals surface area contributed by atoms with Gasteiger partial charge in [-0.25, -0.2) is 0 Å². The van der Waals surface area contributed by atoms with Crippen LogP contribution < -0.4 is 16.0 Å². The van der Waals surface area contributed by atoms with Crippen molar-refractivity contribution in [3.05, 3.63) is 35.4 Å². The van der Waals surface area contributed by atoms with Crippen LogP contribution in [0.3, 0.4) is 0 Å². The van der Waals surface area contributed by atoms with Crippen molar-refractivity contribution in [3.63, 3.8) is 0 Å². The normalized spacial score (nSPS) is 15.0. The van der Waals surface area contributed by atoms with Gasteiger partial charge < -0.3 is 16.0 Å². The summed E-state index contributed by atoms with van der Waals surface area (Å²) in [5.41, 5.74) is 0.0583. The highest BCUT2D eigenvalue weighted by molar-refractivity contribution is 5.80. The van der Waals surface area contributed by atoms with Crippen LogP contribution in [0.15, 0.2) is 29.3 Å². The maximum atomic E-state index is 12.5. The smallest absolute Gasteiger partial charge is 0.356 e. The predicted octanol–water partition coefficient (Wildman–Crippen LogP) is 2.43. The van der Waals surface area contributed by atoms with Crippen LogP contribution in [-0.2, 0) is 17.5 Å². The van der Waals surface area contributed by atoms with Crippen LogP contribution in [0.2, 0.25) is 0 Å². The second-order valence-electron chi connectivity index (χ2n) is 5.99. The summed E-state index contributed by atoms with van der Waals surface area (Å²) in [5, 5.41) is 9.03. The van der Waals surface area contributed by atoms with Gasteiger partial charge in [0.05, 0.1) is 5.56 Å². The van der Waals surface area contributed by atoms with E-state index >= 15 is 0 Å². The van der Waals surface area contributed by atoms with Gasteiger partial charge in [0, 0.05) is 32.6 Å². The molecule has 0 saturated heterocycles. The van der Waals surface area contributed by atoms with Crippen molar-refractivity contribution in [1.29, 1.82) is 0 Å². The van der Waals surface area contributed by atoms with Crippen molar-refractivity contribution >= 4 is 11.9 Å². The Hall–Kier alpha value is -2.25. The number of amides is 1. The molecule has 1 aliphatic rings. The van der Waals surface area contributed by atoms with Gasteiger partial charge in [0.15, 0.2) is 5.96 Å². The number of rotatable bonds is 7. The van der Waals surface area contributed by atoms with E-state index in [-0.39, 0.29) is 5.91 Å². The molecule has 0 spiro atoms. The lowest BCUT2D eigenvalue weighted by molar-refractivity contribution is -0.137. The predicted molar refractivity (Wildman–Crippen MR) is 90.0 cm³/mol. The minimum atomic E-state index is -4.32. The maximum absolute atomic E-state index is 12.5. The zero-order valence-corrected chi connectivity index (χ0v) is 14.1. The average molecular weight is 356 g/mol. The molecule has 8 heteroatoms. The highest BCUT2D eigenvalue weighted by Crippen LogP contribution is 2.29. The highest BCUT2D eigenvalue weighted by Gasteiger charge is 2.29. The lowest BCUT2D eigenvalue weighted by Gasteiger charge is -2.12. The SMILES string of the molecule is CN=C(NCCCC(=O)NC1CC1)NCc1ccc(C(F)(F)F)cc1. The second-order valence-corrected chi connectivity index (χ2v) is 5.99. The van der Waals surface area contributed by atoms with Gasteiger partial charge in [0.1, 0.15) is 0 Å². The Kier molecular flexibility index (Phi) is 6.66. The lowest BCUT2D eigenvalue weighted by Crippen LogP contribution is -2.37. The van der Waals surface area contributed by atoms with E-state index in [2.05, 4.69) is 20.9 Å². The van der Waals surface area contributed by atoms with Crippen LogP contribution >= 0.6 is 0 Å². The molecular formula is C17H23F3N4O. The molecule has 3 N–H and O–H groups in total. The zero-order chi connectivity index (χ0) is 18.3. The van der Waals surface area contributed by atoms with Crippen LogP contribution in [-0.4, -0.2) is 31.5 Å². The minimum absolute atomic E-state index is 0.0667. The number of carbonyl (C=O) groups is 1. The molecule has 1 fully saturated rings. The lowest BCUT2D eigenvalue weighted by atomic mass is 10.1. The minimum Gasteiger partial charge on any atom is -0.356 e. The van der Waals surface area contributed by atoms with Crippen LogP contribution in [0.5, 0.6) is 0 Å². The van der Waals surface area contributed by atoms with Crippen LogP contribution in [0, 0.1) is 0 Å². The fraction of sp³-hybridized carbons (Fsp3) is 0.529. The fourth-order valence-electron chi connectivity index (χ4n) is 2.20. The third-order valence-electron chi connectivity index (χ3n) is 3.78. The molecule has 2 rings (SSSR count). The van der Waals surface area contributed by atoms with Crippen molar-refractivity contribution in [2.75, 3.05) is 13.6 Å². The Morgan fingerprint density at radius 2 is 1.88 bits per heavy atom. The number of aliphatic imine (C=N–C) groups is 1. The molecule has 0 radical (unpaired) electrons. The summed E-state index contributed by atoms with van der Waals surface area (Å²) in [6.07, 6.45) is -1.04. The first-order chi connectivity index (χ1) is 11.9. The summed E-state index contributed by atoms with van der Waals surface area (Å²) in [4.78, 5) is 15.6. The Balaban J connectivity index is 1.66. The number of benzene rings is 1. The van der Waals surface area contributed by atoms with E-state index in [4.69, 9.17) is 0 Å². The van der Waals surface area contributed by atoms with Gasteiger partial charge in [-0.2, -0.15) is 13.2 Å². The number of halogens is 3. The number of hydrogen-bond donors (Lipinski definition) is 3. The zero-order valence-electron chi connectivity index (χ0n) is 14.1. The molecule has 1 aliphatic carbocycles. The van der Waals surface area contributed by atoms with Crippen molar-refractivity contribution in [2.24, 2.45) is 4.99 Å². The summed E-state index contributed by atoms with van der Waals surface area (Å²) >= 11 is 0. The molecule has 0 bridgehead atoms. The Morgan fingerprint density at radius 3 is 2.44 bits per heavy atom. The molecule has 1 saturated carbocycles. The molecule has 1 amide bonds. The number of nitrogens with zero attached hydrogens (tertiary/aromatic N) is 1. The standard InChI is InChI=1S/C17H23F3N4O/c1-21-16(22-10-2-3-15(25)24-14-8-9-14)23-11-12-4-6-13(7-5-12)17(18,19)20/h4-7,14H,2-3,8-11H2,1H3,(H,24,25)(H2,21,22,23). The molecule has 138 valence electrons. The largest absolute Gasteiger partial charge is 0.416 e. The average Bonchev–Trinajstić information content (AvgIpc) is 3.37. The van der Waals surface area contributed by atoms with Crippen molar-refractivity contribution in [1.82, 2.24) is 16.0 Å². The van der Waals surface area contributed by atoms with E-state index in [0.29, 0.717) is 37.9 Å². The third-order valence-corrected chi connectivity index (χ3v) is 3.78. The molecule has 1 aromatic rings. The second kappa shape index (κ2) is 8.73. The van der Waals surface area contributed by atoms with Gasteiger partial charge in [0.25, 0.3) is 0 Å². The summed E-state index contributed by atoms with van der Waals surface area (Å²) in [6.45, 7) is 0.949. The number of hydrogen-bond acceptors (Lipinski definition) is 2. The first-order valence-electron chi connectivity index (χ1n) is 8.28. The van der Waals surface area contributed by atoms with Gasteiger partial charge in [0.2, 0.25) is 5.91 Å². The summed E-state index contributed by atoms with van der Waals surface area (Å²) in [5.74, 6) is 0.611. The number of nitrogens with one attached hydrogen (secondary N) is 3. The highest BCUT2D eigenvalue weighted by atomic mass is 19.4. The van der Waals surface area contributed by atoms with Crippen molar-refractivity contribution in [3.8, 4) is 0 Å². The van der Waals surface area contributed by atoms with E-state index in [1.807, 2.05) is 0 Å². The number of guanidine groups is 1. The molecule has 1 aromatic carbocycles. The summed E-state index contributed by atoms with van der Waals surface area (Å²) in [6, 6.07) is 5.37. The van der Waals surface area contributed by atoms with Crippen LogP contribution in [0.1, 0.15) is 36.8 Å². The van der Waals surface area contributed by atoms with Gasteiger partial charge >= 0.3 is 6.18 Å². The maximum Gasteiger partial charge on any atom is 0.416 e. The topological polar surface area (TPSA) is 65.5 Å². The van der Waals surface area contributed by atoms with E-state index in [1.165, 1.54) is 12.1 Å². The van der Waals surface area contributed by atoms with E-state index in [9.17, 15) is 18.0 Å². The summed E-state index contributed by atoms with van der Waals surface area (Å²) in [7, 11) is 1.61. The van der Waals surface area contributed by atoms with Crippen molar-refractivity contribution in [2.45, 2.75) is 44.4 Å². The molecule has 0 atom stereocenters. The molecule has 0 heterocycles. The molecule has 0 aliphatic heterocycles. The van der Waals surface area contributed by atoms with E-state index in [1.54, 1.807) is 7.05 Å². The van der Waals surface area contributed by atoms with E-state index < -0.39 is 11.7 Å². The first kappa shape index (κ1) is 19.1. The fourth-order valence-corrected chi connectivity index (χ4v) is 2.20.